The number of methoxy groups -OCH3 is 1. The molecule has 0 amide bonds. The van der Waals surface area contributed by atoms with Crippen LogP contribution in [-0.4, -0.2) is 60.9 Å². The summed E-state index contributed by atoms with van der Waals surface area (Å²) >= 11 is 0. The number of fused-ring (bicyclic) bond motifs is 1. The van der Waals surface area contributed by atoms with E-state index >= 15 is 0 Å². The maximum absolute atomic E-state index is 10.2. The van der Waals surface area contributed by atoms with E-state index in [1.165, 1.54) is 58.5 Å². The van der Waals surface area contributed by atoms with Crippen molar-refractivity contribution in [2.24, 2.45) is 0 Å². The van der Waals surface area contributed by atoms with Gasteiger partial charge in [-0.15, -0.1) is 0 Å². The Morgan fingerprint density at radius 2 is 1.52 bits per heavy atom. The first-order valence-corrected chi connectivity index (χ1v) is 9.98. The molecule has 2 rings (SSSR count). The molecule has 2 N–H and O–H groups in total. The molecule has 0 aliphatic carbocycles. The Balaban J connectivity index is 1.58. The lowest BCUT2D eigenvalue weighted by Crippen LogP contribution is -2.63. The van der Waals surface area contributed by atoms with E-state index in [4.69, 9.17) is 18.9 Å². The van der Waals surface area contributed by atoms with Gasteiger partial charge in [0.05, 0.1) is 6.61 Å². The molecule has 148 valence electrons. The van der Waals surface area contributed by atoms with E-state index in [0.717, 1.165) is 12.8 Å². The molecule has 6 atom stereocenters. The van der Waals surface area contributed by atoms with Crippen molar-refractivity contribution in [1.82, 2.24) is 0 Å². The smallest absolute Gasteiger partial charge is 0.186 e. The van der Waals surface area contributed by atoms with E-state index in [1.54, 1.807) is 0 Å². The molecule has 3 unspecified atom stereocenters. The van der Waals surface area contributed by atoms with Crippen LogP contribution >= 0.6 is 0 Å². The lowest BCUT2D eigenvalue weighted by molar-refractivity contribution is -0.356. The molecular weight excluding hydrogens is 324 g/mol. The third kappa shape index (κ3) is 6.45. The van der Waals surface area contributed by atoms with Gasteiger partial charge in [-0.1, -0.05) is 58.3 Å². The Morgan fingerprint density at radius 3 is 2.16 bits per heavy atom. The maximum Gasteiger partial charge on any atom is 0.186 e. The Labute approximate surface area is 151 Å². The highest BCUT2D eigenvalue weighted by molar-refractivity contribution is 4.92. The summed E-state index contributed by atoms with van der Waals surface area (Å²) in [5.74, 6) is 0. The fourth-order valence-electron chi connectivity index (χ4n) is 3.59. The van der Waals surface area contributed by atoms with Gasteiger partial charge in [0, 0.05) is 7.11 Å². The average Bonchev–Trinajstić information content (AvgIpc) is 2.63. The third-order valence-electron chi connectivity index (χ3n) is 5.17. The van der Waals surface area contributed by atoms with E-state index in [2.05, 4.69) is 6.92 Å². The Kier molecular flexibility index (Phi) is 9.66. The van der Waals surface area contributed by atoms with Crippen molar-refractivity contribution < 1.29 is 29.2 Å². The van der Waals surface area contributed by atoms with Crippen LogP contribution in [0.2, 0.25) is 0 Å². The molecule has 0 saturated carbocycles. The highest BCUT2D eigenvalue weighted by atomic mass is 16.7. The monoisotopic (exact) mass is 360 g/mol. The van der Waals surface area contributed by atoms with Gasteiger partial charge < -0.3 is 29.2 Å². The van der Waals surface area contributed by atoms with Gasteiger partial charge in [0.1, 0.15) is 24.4 Å². The summed E-state index contributed by atoms with van der Waals surface area (Å²) in [4.78, 5) is 0. The van der Waals surface area contributed by atoms with Crippen molar-refractivity contribution in [2.45, 2.75) is 108 Å². The fraction of sp³-hybridized carbons (Fsp3) is 1.00. The van der Waals surface area contributed by atoms with E-state index in [1.807, 2.05) is 0 Å². The number of ether oxygens (including phenoxy) is 4. The summed E-state index contributed by atoms with van der Waals surface area (Å²) < 4.78 is 22.2. The minimum atomic E-state index is -1.10. The van der Waals surface area contributed by atoms with E-state index in [9.17, 15) is 10.2 Å². The largest absolute Gasteiger partial charge is 0.387 e. The average molecular weight is 360 g/mol. The van der Waals surface area contributed by atoms with Crippen LogP contribution in [-0.2, 0) is 18.9 Å². The van der Waals surface area contributed by atoms with Gasteiger partial charge in [-0.3, -0.25) is 0 Å². The fourth-order valence-corrected chi connectivity index (χ4v) is 3.59. The summed E-state index contributed by atoms with van der Waals surface area (Å²) in [6, 6.07) is 0. The zero-order valence-electron chi connectivity index (χ0n) is 15.8. The van der Waals surface area contributed by atoms with Crippen LogP contribution in [0.5, 0.6) is 0 Å². The lowest BCUT2D eigenvalue weighted by Gasteiger charge is -2.45. The molecule has 2 fully saturated rings. The van der Waals surface area contributed by atoms with Crippen LogP contribution in [0.4, 0.5) is 0 Å². The number of hydrogen-bond acceptors (Lipinski definition) is 6. The first-order valence-electron chi connectivity index (χ1n) is 9.98. The van der Waals surface area contributed by atoms with Gasteiger partial charge in [-0.05, 0) is 12.8 Å². The number of aliphatic hydroxyl groups is 2. The van der Waals surface area contributed by atoms with Crippen LogP contribution in [0.1, 0.15) is 71.1 Å². The van der Waals surface area contributed by atoms with Crippen LogP contribution in [0, 0.1) is 0 Å². The normalized spacial score (nSPS) is 35.5. The van der Waals surface area contributed by atoms with Crippen LogP contribution < -0.4 is 0 Å². The Morgan fingerprint density at radius 1 is 0.880 bits per heavy atom. The molecule has 0 aromatic rings. The molecule has 2 heterocycles. The second kappa shape index (κ2) is 11.5. The molecule has 0 radical (unpaired) electrons. The second-order valence-electron chi connectivity index (χ2n) is 7.24. The highest BCUT2D eigenvalue weighted by Gasteiger charge is 2.48. The van der Waals surface area contributed by atoms with Crippen molar-refractivity contribution in [3.05, 3.63) is 0 Å². The maximum atomic E-state index is 10.2. The third-order valence-corrected chi connectivity index (χ3v) is 5.17. The minimum absolute atomic E-state index is 0.324. The van der Waals surface area contributed by atoms with Gasteiger partial charge in [-0.2, -0.15) is 0 Å². The zero-order chi connectivity index (χ0) is 18.1. The number of hydrogen-bond donors (Lipinski definition) is 2. The molecule has 0 bridgehead atoms. The van der Waals surface area contributed by atoms with Gasteiger partial charge >= 0.3 is 0 Å². The molecule has 2 aliphatic rings. The van der Waals surface area contributed by atoms with Gasteiger partial charge in [0.15, 0.2) is 12.6 Å². The molecule has 0 aromatic heterocycles. The zero-order valence-corrected chi connectivity index (χ0v) is 15.8. The second-order valence-corrected chi connectivity index (χ2v) is 7.24. The van der Waals surface area contributed by atoms with Crippen LogP contribution in [0.3, 0.4) is 0 Å². The number of rotatable bonds is 11. The van der Waals surface area contributed by atoms with Crippen molar-refractivity contribution in [3.8, 4) is 0 Å². The predicted molar refractivity (Wildman–Crippen MR) is 94.1 cm³/mol. The topological polar surface area (TPSA) is 77.4 Å². The lowest BCUT2D eigenvalue weighted by atomic mass is 9.98. The predicted octanol–water partition coefficient (Wildman–Crippen LogP) is 2.74. The summed E-state index contributed by atoms with van der Waals surface area (Å²) in [7, 11) is 1.44. The quantitative estimate of drug-likeness (QED) is 0.552. The summed E-state index contributed by atoms with van der Waals surface area (Å²) in [5.41, 5.74) is 0. The molecule has 0 aromatic carbocycles. The van der Waals surface area contributed by atoms with Crippen molar-refractivity contribution in [1.29, 1.82) is 0 Å². The molecule has 6 heteroatoms. The summed E-state index contributed by atoms with van der Waals surface area (Å²) in [6.07, 6.45) is 8.08. The van der Waals surface area contributed by atoms with Gasteiger partial charge in [-0.25, -0.2) is 0 Å². The summed E-state index contributed by atoms with van der Waals surface area (Å²) in [6.45, 7) is 2.60. The van der Waals surface area contributed by atoms with Crippen LogP contribution in [0.25, 0.3) is 0 Å². The van der Waals surface area contributed by atoms with E-state index in [0.29, 0.717) is 6.61 Å². The number of aliphatic hydroxyl groups excluding tert-OH is 2. The van der Waals surface area contributed by atoms with Crippen molar-refractivity contribution in [3.63, 3.8) is 0 Å². The Bertz CT molecular complexity index is 351. The standard InChI is InChI=1S/C19H36O6/c1-3-4-5-6-7-8-9-10-11-12-15-23-13-14-18(25-15)16(20)17(21)19(22-2)24-14/h14-21H,3-13H2,1-2H3/t14?,15?,16-,17?,18-,19-/m1/s1. The first-order chi connectivity index (χ1) is 12.2. The van der Waals surface area contributed by atoms with Crippen LogP contribution in [0.15, 0.2) is 0 Å². The Hall–Kier alpha value is -0.240. The number of unbranched alkanes of at least 4 members (excludes halogenated alkanes) is 8. The SMILES string of the molecule is CCCCCCCCCCCC1OCC2O[C@@H](OC)C(O)[C@@H](O)[C@@H]2O1. The molecular formula is C19H36O6. The molecule has 25 heavy (non-hydrogen) atoms. The molecule has 2 saturated heterocycles. The highest BCUT2D eigenvalue weighted by Crippen LogP contribution is 2.30. The molecule has 6 nitrogen and oxygen atoms in total. The van der Waals surface area contributed by atoms with Gasteiger partial charge in [0.25, 0.3) is 0 Å². The van der Waals surface area contributed by atoms with Crippen molar-refractivity contribution in [2.75, 3.05) is 13.7 Å². The molecule has 0 spiro atoms. The van der Waals surface area contributed by atoms with E-state index in [-0.39, 0.29) is 6.29 Å². The van der Waals surface area contributed by atoms with Crippen molar-refractivity contribution >= 4 is 0 Å². The summed E-state index contributed by atoms with van der Waals surface area (Å²) in [5, 5.41) is 20.2. The minimum Gasteiger partial charge on any atom is -0.387 e. The first kappa shape index (κ1) is 21.1. The van der Waals surface area contributed by atoms with Gasteiger partial charge in [0.2, 0.25) is 0 Å². The molecule has 2 aliphatic heterocycles. The van der Waals surface area contributed by atoms with E-state index < -0.39 is 30.7 Å².